The van der Waals surface area contributed by atoms with Gasteiger partial charge in [0.1, 0.15) is 0 Å². The highest BCUT2D eigenvalue weighted by molar-refractivity contribution is 5.89. The Balaban J connectivity index is 4.87. The van der Waals surface area contributed by atoms with E-state index in [2.05, 4.69) is 0 Å². The minimum Gasteiger partial charge on any atom is -0.463 e. The average Bonchev–Trinajstić information content (AvgIpc) is 2.26. The molecule has 0 bridgehead atoms. The fourth-order valence-corrected chi connectivity index (χ4v) is 1.45. The number of aliphatic hydroxyl groups is 3. The van der Waals surface area contributed by atoms with Crippen LogP contribution in [0.25, 0.3) is 0 Å². The van der Waals surface area contributed by atoms with E-state index in [9.17, 15) is 4.79 Å². The Bertz CT molecular complexity index is 227. The molecule has 0 radical (unpaired) electrons. The number of hydrogen-bond donors (Lipinski definition) is 3. The lowest BCUT2D eigenvalue weighted by atomic mass is 10.00. The SMILES string of the molecule is CCOC(=O)C(CCO)=C(CCO)CCO. The molecule has 0 aliphatic heterocycles. The maximum Gasteiger partial charge on any atom is 0.334 e. The second-order valence-electron chi connectivity index (χ2n) is 3.22. The van der Waals surface area contributed by atoms with E-state index in [1.165, 1.54) is 0 Å². The molecule has 0 atom stereocenters. The van der Waals surface area contributed by atoms with Crippen LogP contribution in [0, 0.1) is 0 Å². The van der Waals surface area contributed by atoms with Gasteiger partial charge in [0, 0.05) is 31.8 Å². The lowest BCUT2D eigenvalue weighted by Crippen LogP contribution is -2.13. The van der Waals surface area contributed by atoms with E-state index in [0.717, 1.165) is 0 Å². The quantitative estimate of drug-likeness (QED) is 0.405. The van der Waals surface area contributed by atoms with Crippen LogP contribution in [0.15, 0.2) is 11.1 Å². The molecule has 0 heterocycles. The van der Waals surface area contributed by atoms with Crippen LogP contribution < -0.4 is 0 Å². The topological polar surface area (TPSA) is 87.0 Å². The third-order valence-corrected chi connectivity index (χ3v) is 2.14. The second-order valence-corrected chi connectivity index (χ2v) is 3.22. The number of esters is 1. The van der Waals surface area contributed by atoms with Crippen LogP contribution in [0.5, 0.6) is 0 Å². The Labute approximate surface area is 95.4 Å². The van der Waals surface area contributed by atoms with Crippen molar-refractivity contribution in [3.63, 3.8) is 0 Å². The van der Waals surface area contributed by atoms with Crippen LogP contribution in [0.2, 0.25) is 0 Å². The first-order valence-electron chi connectivity index (χ1n) is 5.41. The van der Waals surface area contributed by atoms with Crippen molar-refractivity contribution in [2.75, 3.05) is 26.4 Å². The van der Waals surface area contributed by atoms with Gasteiger partial charge < -0.3 is 20.1 Å². The van der Waals surface area contributed by atoms with Gasteiger partial charge in [0.2, 0.25) is 0 Å². The molecule has 0 amide bonds. The fraction of sp³-hybridized carbons (Fsp3) is 0.727. The molecule has 94 valence electrons. The maximum absolute atomic E-state index is 11.6. The number of hydrogen-bond acceptors (Lipinski definition) is 5. The van der Waals surface area contributed by atoms with Gasteiger partial charge in [-0.05, 0) is 19.8 Å². The summed E-state index contributed by atoms with van der Waals surface area (Å²) in [5, 5.41) is 26.6. The number of ether oxygens (including phenoxy) is 1. The van der Waals surface area contributed by atoms with Crippen molar-refractivity contribution >= 4 is 5.97 Å². The molecule has 0 rings (SSSR count). The zero-order chi connectivity index (χ0) is 12.4. The molecule has 5 nitrogen and oxygen atoms in total. The highest BCUT2D eigenvalue weighted by Gasteiger charge is 2.15. The van der Waals surface area contributed by atoms with E-state index in [4.69, 9.17) is 20.1 Å². The third-order valence-electron chi connectivity index (χ3n) is 2.14. The molecule has 0 fully saturated rings. The highest BCUT2D eigenvalue weighted by atomic mass is 16.5. The van der Waals surface area contributed by atoms with Crippen LogP contribution >= 0.6 is 0 Å². The Morgan fingerprint density at radius 2 is 1.50 bits per heavy atom. The summed E-state index contributed by atoms with van der Waals surface area (Å²) in [6.07, 6.45) is 0.817. The molecular weight excluding hydrogens is 212 g/mol. The molecule has 0 aromatic heterocycles. The number of rotatable bonds is 8. The molecule has 3 N–H and O–H groups in total. The lowest BCUT2D eigenvalue weighted by molar-refractivity contribution is -0.138. The monoisotopic (exact) mass is 232 g/mol. The summed E-state index contributed by atoms with van der Waals surface area (Å²) in [5.74, 6) is -0.478. The van der Waals surface area contributed by atoms with E-state index in [1.807, 2.05) is 0 Å². The van der Waals surface area contributed by atoms with E-state index < -0.39 is 5.97 Å². The molecule has 0 aromatic carbocycles. The van der Waals surface area contributed by atoms with E-state index in [-0.39, 0.29) is 32.8 Å². The summed E-state index contributed by atoms with van der Waals surface area (Å²) in [6, 6.07) is 0. The molecule has 0 aliphatic carbocycles. The lowest BCUT2D eigenvalue weighted by Gasteiger charge is -2.12. The van der Waals surface area contributed by atoms with Crippen molar-refractivity contribution in [1.82, 2.24) is 0 Å². The average molecular weight is 232 g/mol. The molecule has 0 aromatic rings. The van der Waals surface area contributed by atoms with E-state index in [0.29, 0.717) is 24.0 Å². The largest absolute Gasteiger partial charge is 0.463 e. The van der Waals surface area contributed by atoms with Gasteiger partial charge in [-0.1, -0.05) is 5.57 Å². The van der Waals surface area contributed by atoms with Crippen molar-refractivity contribution in [2.24, 2.45) is 0 Å². The molecular formula is C11H20O5. The maximum atomic E-state index is 11.6. The summed E-state index contributed by atoms with van der Waals surface area (Å²) in [6.45, 7) is 1.62. The van der Waals surface area contributed by atoms with Crippen molar-refractivity contribution in [3.05, 3.63) is 11.1 Å². The standard InChI is InChI=1S/C11H20O5/c1-2-16-11(15)10(5-8-14)9(3-6-12)4-7-13/h12-14H,2-8H2,1H3. The summed E-state index contributed by atoms with van der Waals surface area (Å²) in [5.41, 5.74) is 1.02. The molecule has 0 aliphatic rings. The first-order valence-corrected chi connectivity index (χ1v) is 5.41. The summed E-state index contributed by atoms with van der Waals surface area (Å²) in [7, 11) is 0. The smallest absolute Gasteiger partial charge is 0.334 e. The van der Waals surface area contributed by atoms with Gasteiger partial charge >= 0.3 is 5.97 Å². The Kier molecular flexibility index (Phi) is 8.80. The summed E-state index contributed by atoms with van der Waals surface area (Å²) >= 11 is 0. The minimum absolute atomic E-state index is 0.0936. The molecule has 16 heavy (non-hydrogen) atoms. The van der Waals surface area contributed by atoms with Gasteiger partial charge in [0.15, 0.2) is 0 Å². The van der Waals surface area contributed by atoms with Gasteiger partial charge in [0.05, 0.1) is 6.61 Å². The van der Waals surface area contributed by atoms with Crippen LogP contribution in [-0.4, -0.2) is 47.7 Å². The van der Waals surface area contributed by atoms with Crippen molar-refractivity contribution in [1.29, 1.82) is 0 Å². The summed E-state index contributed by atoms with van der Waals surface area (Å²) < 4.78 is 4.86. The van der Waals surface area contributed by atoms with Gasteiger partial charge in [-0.2, -0.15) is 0 Å². The normalized spacial score (nSPS) is 10.0. The first-order chi connectivity index (χ1) is 7.71. The Morgan fingerprint density at radius 3 is 1.88 bits per heavy atom. The van der Waals surface area contributed by atoms with Gasteiger partial charge in [0.25, 0.3) is 0 Å². The molecule has 5 heteroatoms. The Morgan fingerprint density at radius 1 is 1.00 bits per heavy atom. The number of carbonyl (C=O) groups is 1. The van der Waals surface area contributed by atoms with Crippen molar-refractivity contribution in [2.45, 2.75) is 26.2 Å². The molecule has 0 unspecified atom stereocenters. The van der Waals surface area contributed by atoms with Gasteiger partial charge in [-0.25, -0.2) is 4.79 Å². The molecule has 0 saturated carbocycles. The number of carbonyl (C=O) groups excluding carboxylic acids is 1. The zero-order valence-electron chi connectivity index (χ0n) is 9.61. The summed E-state index contributed by atoms with van der Waals surface area (Å²) in [4.78, 5) is 11.6. The molecule has 0 saturated heterocycles. The van der Waals surface area contributed by atoms with E-state index >= 15 is 0 Å². The van der Waals surface area contributed by atoms with Crippen LogP contribution in [0.4, 0.5) is 0 Å². The van der Waals surface area contributed by atoms with E-state index in [1.54, 1.807) is 6.92 Å². The van der Waals surface area contributed by atoms with Crippen LogP contribution in [0.3, 0.4) is 0 Å². The fourth-order valence-electron chi connectivity index (χ4n) is 1.45. The number of aliphatic hydroxyl groups excluding tert-OH is 3. The predicted molar refractivity (Wildman–Crippen MR) is 58.8 cm³/mol. The zero-order valence-corrected chi connectivity index (χ0v) is 9.61. The van der Waals surface area contributed by atoms with Gasteiger partial charge in [-0.15, -0.1) is 0 Å². The minimum atomic E-state index is -0.478. The van der Waals surface area contributed by atoms with Crippen LogP contribution in [0.1, 0.15) is 26.2 Å². The van der Waals surface area contributed by atoms with Crippen molar-refractivity contribution in [3.8, 4) is 0 Å². The van der Waals surface area contributed by atoms with Crippen molar-refractivity contribution < 1.29 is 24.9 Å². The predicted octanol–water partition coefficient (Wildman–Crippen LogP) is -0.00670. The first kappa shape index (κ1) is 15.1. The molecule has 0 spiro atoms. The van der Waals surface area contributed by atoms with Gasteiger partial charge in [-0.3, -0.25) is 0 Å². The highest BCUT2D eigenvalue weighted by Crippen LogP contribution is 2.17. The van der Waals surface area contributed by atoms with Crippen LogP contribution in [-0.2, 0) is 9.53 Å². The second kappa shape index (κ2) is 9.33. The third kappa shape index (κ3) is 5.25. The Hall–Kier alpha value is -0.910.